The first-order chi connectivity index (χ1) is 11.1. The van der Waals surface area contributed by atoms with Crippen LogP contribution >= 0.6 is 0 Å². The number of benzene rings is 2. The molecular weight excluding hydrogens is 299 g/mol. The van der Waals surface area contributed by atoms with E-state index in [1.165, 1.54) is 31.2 Å². The number of amides is 1. The van der Waals surface area contributed by atoms with E-state index in [1.54, 1.807) is 24.3 Å². The largest absolute Gasteiger partial charge is 0.410 e. The van der Waals surface area contributed by atoms with Crippen molar-refractivity contribution in [3.05, 3.63) is 60.4 Å². The molecule has 7 heteroatoms. The molecule has 0 saturated heterocycles. The second kappa shape index (κ2) is 7.69. The molecule has 0 bridgehead atoms. The number of rotatable bonds is 5. The summed E-state index contributed by atoms with van der Waals surface area (Å²) in [4.78, 5) is 12.1. The first-order valence-corrected chi connectivity index (χ1v) is 6.75. The van der Waals surface area contributed by atoms with Gasteiger partial charge in [0.2, 0.25) is 0 Å². The van der Waals surface area contributed by atoms with Crippen molar-refractivity contribution in [2.24, 2.45) is 10.3 Å². The van der Waals surface area contributed by atoms with E-state index in [0.717, 1.165) is 0 Å². The van der Waals surface area contributed by atoms with Crippen LogP contribution in [0.2, 0.25) is 0 Å². The van der Waals surface area contributed by atoms with Crippen molar-refractivity contribution in [1.29, 1.82) is 0 Å². The molecule has 6 nitrogen and oxygen atoms in total. The van der Waals surface area contributed by atoms with Crippen LogP contribution in [0.1, 0.15) is 6.92 Å². The van der Waals surface area contributed by atoms with Gasteiger partial charge in [0.1, 0.15) is 5.82 Å². The number of hydrogen-bond donors (Lipinski definition) is 3. The Bertz CT molecular complexity index is 728. The van der Waals surface area contributed by atoms with Gasteiger partial charge < -0.3 is 10.5 Å². The Kier molecular flexibility index (Phi) is 5.40. The number of nitrogens with one attached hydrogen (secondary N) is 2. The van der Waals surface area contributed by atoms with Crippen LogP contribution in [0.5, 0.6) is 0 Å². The average molecular weight is 314 g/mol. The SMILES string of the molecule is CC(=N\Nc1ccc(F)cc1)/C(=N/O)C(=O)Nc1ccccc1. The third kappa shape index (κ3) is 4.63. The van der Waals surface area contributed by atoms with Crippen LogP contribution in [-0.2, 0) is 4.79 Å². The zero-order valence-corrected chi connectivity index (χ0v) is 12.3. The van der Waals surface area contributed by atoms with Crippen LogP contribution in [0.15, 0.2) is 64.9 Å². The van der Waals surface area contributed by atoms with Crippen LogP contribution in [-0.4, -0.2) is 22.5 Å². The van der Waals surface area contributed by atoms with Crippen LogP contribution in [0.4, 0.5) is 15.8 Å². The number of oxime groups is 1. The van der Waals surface area contributed by atoms with Crippen LogP contribution in [0, 0.1) is 5.82 Å². The Morgan fingerprint density at radius 2 is 1.70 bits per heavy atom. The Balaban J connectivity index is 2.05. The quantitative estimate of drug-likeness (QED) is 0.450. The van der Waals surface area contributed by atoms with E-state index in [9.17, 15) is 9.18 Å². The molecule has 23 heavy (non-hydrogen) atoms. The first-order valence-electron chi connectivity index (χ1n) is 6.75. The van der Waals surface area contributed by atoms with Gasteiger partial charge in [0.05, 0.1) is 11.4 Å². The fraction of sp³-hybridized carbons (Fsp3) is 0.0625. The number of hydrogen-bond acceptors (Lipinski definition) is 5. The van der Waals surface area contributed by atoms with Crippen LogP contribution < -0.4 is 10.7 Å². The highest BCUT2D eigenvalue weighted by molar-refractivity contribution is 6.68. The molecule has 118 valence electrons. The lowest BCUT2D eigenvalue weighted by Crippen LogP contribution is -2.29. The maximum Gasteiger partial charge on any atom is 0.279 e. The van der Waals surface area contributed by atoms with Crippen molar-refractivity contribution in [3.8, 4) is 0 Å². The number of hydrazone groups is 1. The van der Waals surface area contributed by atoms with E-state index >= 15 is 0 Å². The second-order valence-electron chi connectivity index (χ2n) is 4.58. The highest BCUT2D eigenvalue weighted by Gasteiger charge is 2.16. The lowest BCUT2D eigenvalue weighted by molar-refractivity contribution is -0.110. The van der Waals surface area contributed by atoms with Crippen LogP contribution in [0.25, 0.3) is 0 Å². The van der Waals surface area contributed by atoms with E-state index < -0.39 is 5.91 Å². The molecule has 0 heterocycles. The lowest BCUT2D eigenvalue weighted by atomic mass is 10.2. The van der Waals surface area contributed by atoms with Gasteiger partial charge in [-0.15, -0.1) is 0 Å². The predicted octanol–water partition coefficient (Wildman–Crippen LogP) is 3.08. The Morgan fingerprint density at radius 1 is 1.04 bits per heavy atom. The normalized spacial score (nSPS) is 11.9. The molecule has 0 atom stereocenters. The summed E-state index contributed by atoms with van der Waals surface area (Å²) in [5, 5.41) is 18.6. The van der Waals surface area contributed by atoms with E-state index in [2.05, 4.69) is 21.0 Å². The number of nitrogens with zero attached hydrogens (tertiary/aromatic N) is 2. The molecular formula is C16H15FN4O2. The van der Waals surface area contributed by atoms with E-state index in [1.807, 2.05) is 6.07 Å². The highest BCUT2D eigenvalue weighted by Crippen LogP contribution is 2.08. The van der Waals surface area contributed by atoms with Crippen LogP contribution in [0.3, 0.4) is 0 Å². The molecule has 3 N–H and O–H groups in total. The third-order valence-corrected chi connectivity index (χ3v) is 2.89. The predicted molar refractivity (Wildman–Crippen MR) is 87.4 cm³/mol. The number of carbonyl (C=O) groups excluding carboxylic acids is 1. The molecule has 0 fully saturated rings. The molecule has 0 aliphatic rings. The maximum absolute atomic E-state index is 12.8. The lowest BCUT2D eigenvalue weighted by Gasteiger charge is -2.07. The molecule has 0 aromatic heterocycles. The first kappa shape index (κ1) is 16.2. The summed E-state index contributed by atoms with van der Waals surface area (Å²) < 4.78 is 12.8. The summed E-state index contributed by atoms with van der Waals surface area (Å²) in [6.07, 6.45) is 0. The fourth-order valence-electron chi connectivity index (χ4n) is 1.72. The van der Waals surface area contributed by atoms with Crippen molar-refractivity contribution in [3.63, 3.8) is 0 Å². The molecule has 0 aliphatic heterocycles. The number of carbonyl (C=O) groups is 1. The third-order valence-electron chi connectivity index (χ3n) is 2.89. The zero-order chi connectivity index (χ0) is 16.7. The zero-order valence-electron chi connectivity index (χ0n) is 12.3. The summed E-state index contributed by atoms with van der Waals surface area (Å²) in [6, 6.07) is 14.3. The van der Waals surface area contributed by atoms with Gasteiger partial charge in [0, 0.05) is 5.69 Å². The summed E-state index contributed by atoms with van der Waals surface area (Å²) in [5.41, 5.74) is 3.69. The average Bonchev–Trinajstić information content (AvgIpc) is 2.56. The summed E-state index contributed by atoms with van der Waals surface area (Å²) >= 11 is 0. The molecule has 0 saturated carbocycles. The molecule has 0 aliphatic carbocycles. The number of para-hydroxylation sites is 1. The molecule has 2 rings (SSSR count). The minimum absolute atomic E-state index is 0.172. The van der Waals surface area contributed by atoms with Gasteiger partial charge in [-0.25, -0.2) is 4.39 Å². The summed E-state index contributed by atoms with van der Waals surface area (Å²) in [5.74, 6) is -0.961. The molecule has 1 amide bonds. The smallest absolute Gasteiger partial charge is 0.279 e. The summed E-state index contributed by atoms with van der Waals surface area (Å²) in [7, 11) is 0. The van der Waals surface area contributed by atoms with Gasteiger partial charge >= 0.3 is 0 Å². The summed E-state index contributed by atoms with van der Waals surface area (Å²) in [6.45, 7) is 1.51. The Labute approximate surface area is 132 Å². The van der Waals surface area contributed by atoms with Gasteiger partial charge in [0.15, 0.2) is 5.71 Å². The van der Waals surface area contributed by atoms with E-state index in [-0.39, 0.29) is 17.2 Å². The number of anilines is 2. The van der Waals surface area contributed by atoms with Gasteiger partial charge in [-0.2, -0.15) is 5.10 Å². The van der Waals surface area contributed by atoms with Crippen molar-refractivity contribution in [2.45, 2.75) is 6.92 Å². The molecule has 0 radical (unpaired) electrons. The van der Waals surface area contributed by atoms with Crippen molar-refractivity contribution in [2.75, 3.05) is 10.7 Å². The van der Waals surface area contributed by atoms with Gasteiger partial charge in [-0.1, -0.05) is 23.4 Å². The van der Waals surface area contributed by atoms with Crippen molar-refractivity contribution >= 4 is 28.7 Å². The second-order valence-corrected chi connectivity index (χ2v) is 4.58. The molecule has 2 aromatic rings. The van der Waals surface area contributed by atoms with Gasteiger partial charge in [0.25, 0.3) is 5.91 Å². The molecule has 0 spiro atoms. The van der Waals surface area contributed by atoms with E-state index in [4.69, 9.17) is 5.21 Å². The topological polar surface area (TPSA) is 86.1 Å². The molecule has 2 aromatic carbocycles. The maximum atomic E-state index is 12.8. The van der Waals surface area contributed by atoms with Crippen molar-refractivity contribution in [1.82, 2.24) is 0 Å². The molecule has 0 unspecified atom stereocenters. The highest BCUT2D eigenvalue weighted by atomic mass is 19.1. The minimum Gasteiger partial charge on any atom is -0.410 e. The van der Waals surface area contributed by atoms with E-state index in [0.29, 0.717) is 11.4 Å². The fourth-order valence-corrected chi connectivity index (χ4v) is 1.72. The Hall–Kier alpha value is -3.22. The van der Waals surface area contributed by atoms with Gasteiger partial charge in [-0.05, 0) is 43.3 Å². The Morgan fingerprint density at radius 3 is 2.30 bits per heavy atom. The monoisotopic (exact) mass is 314 g/mol. The number of halogens is 1. The minimum atomic E-state index is -0.596. The van der Waals surface area contributed by atoms with Gasteiger partial charge in [-0.3, -0.25) is 10.2 Å². The standard InChI is InChI=1S/C16H15FN4O2/c1-11(19-20-14-9-7-12(17)8-10-14)15(21-23)16(22)18-13-5-3-2-4-6-13/h2-10,20,23H,1H3,(H,18,22)/b19-11+,21-15-. The van der Waals surface area contributed by atoms with Crippen molar-refractivity contribution < 1.29 is 14.4 Å².